The Morgan fingerprint density at radius 1 is 1.00 bits per heavy atom. The van der Waals surface area contributed by atoms with Gasteiger partial charge in [0.2, 0.25) is 0 Å². The van der Waals surface area contributed by atoms with Gasteiger partial charge in [0.1, 0.15) is 12.4 Å². The molecule has 1 aliphatic heterocycles. The fourth-order valence-electron chi connectivity index (χ4n) is 5.36. The van der Waals surface area contributed by atoms with Crippen LogP contribution >= 0.6 is 23.1 Å². The second-order valence-corrected chi connectivity index (χ2v) is 12.4. The van der Waals surface area contributed by atoms with Crippen LogP contribution in [-0.4, -0.2) is 30.5 Å². The minimum atomic E-state index is -0.762. The number of hydrogen-bond acceptors (Lipinski definition) is 8. The highest BCUT2D eigenvalue weighted by molar-refractivity contribution is 7.98. The highest BCUT2D eigenvalue weighted by Crippen LogP contribution is 2.36. The van der Waals surface area contributed by atoms with Crippen LogP contribution < -0.4 is 24.4 Å². The molecule has 0 saturated heterocycles. The van der Waals surface area contributed by atoms with Crippen molar-refractivity contribution in [1.82, 2.24) is 4.57 Å². The summed E-state index contributed by atoms with van der Waals surface area (Å²) in [5.74, 6) is -0.00208. The first-order chi connectivity index (χ1) is 22.9. The Hall–Kier alpha value is -4.93. The molecule has 10 heteroatoms. The van der Waals surface area contributed by atoms with Crippen LogP contribution in [0.3, 0.4) is 0 Å². The van der Waals surface area contributed by atoms with Gasteiger partial charge in [0.25, 0.3) is 5.56 Å². The lowest BCUT2D eigenvalue weighted by Crippen LogP contribution is -2.40. The third kappa shape index (κ3) is 6.65. The number of hydrogen-bond donors (Lipinski definition) is 0. The molecule has 0 saturated carbocycles. The molecule has 0 N–H and O–H groups in total. The molecule has 0 unspecified atom stereocenters. The molecule has 7 nitrogen and oxygen atoms in total. The molecule has 5 aromatic rings. The number of esters is 1. The Kier molecular flexibility index (Phi) is 9.70. The van der Waals surface area contributed by atoms with E-state index in [1.807, 2.05) is 60.9 Å². The van der Waals surface area contributed by atoms with Crippen molar-refractivity contribution in [1.29, 1.82) is 0 Å². The third-order valence-electron chi connectivity index (χ3n) is 7.63. The fourth-order valence-corrected chi connectivity index (χ4v) is 6.77. The van der Waals surface area contributed by atoms with Gasteiger partial charge in [-0.1, -0.05) is 78.1 Å². The predicted molar refractivity (Wildman–Crippen MR) is 183 cm³/mol. The molecule has 1 aliphatic rings. The van der Waals surface area contributed by atoms with Crippen molar-refractivity contribution in [2.24, 2.45) is 4.99 Å². The Morgan fingerprint density at radius 2 is 1.74 bits per heavy atom. The van der Waals surface area contributed by atoms with E-state index in [-0.39, 0.29) is 24.6 Å². The SMILES string of the molecule is CCOC(=O)C1=C(c2ccccc2)N=c2s/c(=C\c3ccc(OCc4ccccc4F)c(OC)c3)c(=O)n2[C@H]1c1ccc(SC)cc1. The number of benzene rings is 4. The lowest BCUT2D eigenvalue weighted by molar-refractivity contribution is -0.138. The van der Waals surface area contributed by atoms with E-state index in [4.69, 9.17) is 19.2 Å². The summed E-state index contributed by atoms with van der Waals surface area (Å²) in [5.41, 5.74) is 3.10. The van der Waals surface area contributed by atoms with E-state index in [0.717, 1.165) is 16.0 Å². The topological polar surface area (TPSA) is 79.1 Å². The van der Waals surface area contributed by atoms with Crippen molar-refractivity contribution in [2.45, 2.75) is 24.5 Å². The summed E-state index contributed by atoms with van der Waals surface area (Å²) in [6.07, 6.45) is 3.75. The highest BCUT2D eigenvalue weighted by Gasteiger charge is 2.35. The lowest BCUT2D eigenvalue weighted by Gasteiger charge is -2.26. The lowest BCUT2D eigenvalue weighted by atomic mass is 9.93. The number of rotatable bonds is 10. The molecular weight excluding hydrogens is 636 g/mol. The number of halogens is 1. The van der Waals surface area contributed by atoms with E-state index in [1.54, 1.807) is 65.7 Å². The van der Waals surface area contributed by atoms with Crippen molar-refractivity contribution in [3.63, 3.8) is 0 Å². The first-order valence-electron chi connectivity index (χ1n) is 14.9. The Labute approximate surface area is 279 Å². The zero-order valence-electron chi connectivity index (χ0n) is 25.9. The Bertz CT molecular complexity index is 2140. The van der Waals surface area contributed by atoms with Gasteiger partial charge in [-0.05, 0) is 60.7 Å². The number of carbonyl (C=O) groups is 1. The van der Waals surface area contributed by atoms with Crippen LogP contribution in [0, 0.1) is 5.82 Å². The molecule has 0 aliphatic carbocycles. The summed E-state index contributed by atoms with van der Waals surface area (Å²) in [6.45, 7) is 1.96. The van der Waals surface area contributed by atoms with Crippen LogP contribution in [0.25, 0.3) is 11.8 Å². The minimum absolute atomic E-state index is 0.0332. The average Bonchev–Trinajstić information content (AvgIpc) is 3.41. The van der Waals surface area contributed by atoms with Crippen LogP contribution in [0.2, 0.25) is 0 Å². The molecule has 0 fully saturated rings. The number of nitrogens with zero attached hydrogens (tertiary/aromatic N) is 2. The van der Waals surface area contributed by atoms with Crippen molar-refractivity contribution in [2.75, 3.05) is 20.0 Å². The maximum atomic E-state index is 14.2. The van der Waals surface area contributed by atoms with Crippen molar-refractivity contribution < 1.29 is 23.4 Å². The summed E-state index contributed by atoms with van der Waals surface area (Å²) < 4.78 is 33.1. The zero-order valence-corrected chi connectivity index (χ0v) is 27.6. The van der Waals surface area contributed by atoms with Gasteiger partial charge in [0, 0.05) is 16.0 Å². The fraction of sp³-hybridized carbons (Fsp3) is 0.162. The van der Waals surface area contributed by atoms with Gasteiger partial charge in [0.05, 0.1) is 35.6 Å². The Morgan fingerprint density at radius 3 is 2.45 bits per heavy atom. The monoisotopic (exact) mass is 666 g/mol. The standard InChI is InChI=1S/C37H31FN2O5S2/c1-4-44-36(42)32-33(24-10-6-5-7-11-24)39-37-40(34(32)25-15-17-27(46-3)18-16-25)35(41)31(47-37)21-23-14-19-29(30(20-23)43-2)45-22-26-12-8-9-13-28(26)38/h5-21,34H,4,22H2,1-3H3/b31-21-/t34-/m0/s1. The highest BCUT2D eigenvalue weighted by atomic mass is 32.2. The van der Waals surface area contributed by atoms with Crippen LogP contribution in [0.4, 0.5) is 4.39 Å². The van der Waals surface area contributed by atoms with Gasteiger partial charge in [-0.25, -0.2) is 14.2 Å². The van der Waals surface area contributed by atoms with Gasteiger partial charge in [-0.3, -0.25) is 9.36 Å². The smallest absolute Gasteiger partial charge is 0.338 e. The summed E-state index contributed by atoms with van der Waals surface area (Å²) in [7, 11) is 1.52. The van der Waals surface area contributed by atoms with Gasteiger partial charge in [-0.15, -0.1) is 11.8 Å². The molecule has 6 rings (SSSR count). The maximum absolute atomic E-state index is 14.2. The molecule has 47 heavy (non-hydrogen) atoms. The number of fused-ring (bicyclic) bond motifs is 1. The predicted octanol–water partition coefficient (Wildman–Crippen LogP) is 6.38. The number of aromatic nitrogens is 1. The molecule has 238 valence electrons. The van der Waals surface area contributed by atoms with Crippen molar-refractivity contribution in [3.05, 3.63) is 150 Å². The van der Waals surface area contributed by atoms with Crippen molar-refractivity contribution in [3.8, 4) is 11.5 Å². The van der Waals surface area contributed by atoms with Gasteiger partial charge in [-0.2, -0.15) is 0 Å². The molecule has 0 bridgehead atoms. The maximum Gasteiger partial charge on any atom is 0.338 e. The van der Waals surface area contributed by atoms with Gasteiger partial charge in [0.15, 0.2) is 16.3 Å². The van der Waals surface area contributed by atoms with E-state index in [2.05, 4.69) is 0 Å². The van der Waals surface area contributed by atoms with Crippen LogP contribution in [0.15, 0.2) is 117 Å². The van der Waals surface area contributed by atoms with Crippen molar-refractivity contribution >= 4 is 40.8 Å². The van der Waals surface area contributed by atoms with Crippen LogP contribution in [-0.2, 0) is 16.1 Å². The van der Waals surface area contributed by atoms with Gasteiger partial charge < -0.3 is 14.2 Å². The molecule has 0 amide bonds. The summed E-state index contributed by atoms with van der Waals surface area (Å²) in [5, 5.41) is 0. The first kappa shape index (κ1) is 32.0. The number of thiazole rings is 1. The van der Waals surface area contributed by atoms with Crippen LogP contribution in [0.1, 0.15) is 35.2 Å². The van der Waals surface area contributed by atoms with E-state index < -0.39 is 12.0 Å². The quantitative estimate of drug-likeness (QED) is 0.127. The third-order valence-corrected chi connectivity index (χ3v) is 9.36. The zero-order chi connectivity index (χ0) is 32.9. The molecule has 0 spiro atoms. The van der Waals surface area contributed by atoms with E-state index >= 15 is 0 Å². The normalized spacial score (nSPS) is 14.4. The molecule has 1 aromatic heterocycles. The second-order valence-electron chi connectivity index (χ2n) is 10.5. The van der Waals surface area contributed by atoms with E-state index in [9.17, 15) is 14.0 Å². The average molecular weight is 667 g/mol. The number of methoxy groups -OCH3 is 1. The molecule has 0 radical (unpaired) electrons. The summed E-state index contributed by atoms with van der Waals surface area (Å²) in [6, 6.07) is 28.2. The molecule has 2 heterocycles. The number of carbonyl (C=O) groups excluding carboxylic acids is 1. The van der Waals surface area contributed by atoms with E-state index in [0.29, 0.717) is 43.2 Å². The first-order valence-corrected chi connectivity index (χ1v) is 16.9. The molecule has 4 aromatic carbocycles. The van der Waals surface area contributed by atoms with Gasteiger partial charge >= 0.3 is 5.97 Å². The number of ether oxygens (including phenoxy) is 3. The van der Waals surface area contributed by atoms with E-state index in [1.165, 1.54) is 24.5 Å². The largest absolute Gasteiger partial charge is 0.493 e. The summed E-state index contributed by atoms with van der Waals surface area (Å²) >= 11 is 2.85. The number of thioether (sulfide) groups is 1. The second kappa shape index (κ2) is 14.2. The summed E-state index contributed by atoms with van der Waals surface area (Å²) in [4.78, 5) is 34.3. The Balaban J connectivity index is 1.47. The molecule has 1 atom stereocenters. The van der Waals surface area contributed by atoms with Crippen LogP contribution in [0.5, 0.6) is 11.5 Å². The minimum Gasteiger partial charge on any atom is -0.493 e. The molecular formula is C37H31FN2O5S2.